The normalized spacial score (nSPS) is 16.7. The van der Waals surface area contributed by atoms with Crippen LogP contribution in [-0.4, -0.2) is 19.5 Å². The fourth-order valence-electron chi connectivity index (χ4n) is 2.15. The molecular formula is C12H15F3N2O. The van der Waals surface area contributed by atoms with Gasteiger partial charge in [0.05, 0.1) is 11.4 Å². The maximum atomic E-state index is 12.1. The topological polar surface area (TPSA) is 38.5 Å². The molecule has 1 aliphatic heterocycles. The molecule has 1 aromatic rings. The smallest absolute Gasteiger partial charge is 0.406 e. The van der Waals surface area contributed by atoms with E-state index in [1.165, 1.54) is 18.6 Å². The van der Waals surface area contributed by atoms with Crippen LogP contribution < -0.4 is 15.4 Å². The number of hydrogen-bond donors (Lipinski definition) is 1. The van der Waals surface area contributed by atoms with Crippen molar-refractivity contribution in [3.8, 4) is 5.75 Å². The first kappa shape index (κ1) is 12.9. The molecule has 0 amide bonds. The molecule has 1 aliphatic rings. The number of hydrogen-bond acceptors (Lipinski definition) is 3. The Morgan fingerprint density at radius 1 is 1.11 bits per heavy atom. The Kier molecular flexibility index (Phi) is 3.54. The minimum absolute atomic E-state index is 0.277. The van der Waals surface area contributed by atoms with Crippen LogP contribution in [-0.2, 0) is 0 Å². The summed E-state index contributed by atoms with van der Waals surface area (Å²) in [4.78, 5) is 2.09. The third-order valence-electron chi connectivity index (χ3n) is 2.93. The fraction of sp³-hybridized carbons (Fsp3) is 0.500. The first-order valence-corrected chi connectivity index (χ1v) is 5.86. The molecule has 0 aliphatic carbocycles. The van der Waals surface area contributed by atoms with Crippen molar-refractivity contribution in [2.75, 3.05) is 23.7 Å². The fourth-order valence-corrected chi connectivity index (χ4v) is 2.15. The Hall–Kier alpha value is -1.59. The minimum atomic E-state index is -4.68. The number of nitrogens with zero attached hydrogens (tertiary/aromatic N) is 1. The maximum absolute atomic E-state index is 12.1. The second kappa shape index (κ2) is 4.96. The summed E-state index contributed by atoms with van der Waals surface area (Å²) in [5.74, 6) is -0.277. The third kappa shape index (κ3) is 3.21. The molecular weight excluding hydrogens is 245 g/mol. The number of piperidine rings is 1. The molecule has 0 bridgehead atoms. The Balaban J connectivity index is 2.14. The van der Waals surface area contributed by atoms with Crippen LogP contribution in [0.25, 0.3) is 0 Å². The van der Waals surface area contributed by atoms with Gasteiger partial charge in [-0.1, -0.05) is 0 Å². The van der Waals surface area contributed by atoms with E-state index in [4.69, 9.17) is 5.73 Å². The summed E-state index contributed by atoms with van der Waals surface area (Å²) in [6.07, 6.45) is -1.33. The summed E-state index contributed by atoms with van der Waals surface area (Å²) in [5.41, 5.74) is 6.88. The Bertz CT molecular complexity index is 414. The largest absolute Gasteiger partial charge is 0.573 e. The number of halogens is 3. The number of benzene rings is 1. The molecule has 1 aromatic carbocycles. The van der Waals surface area contributed by atoms with E-state index in [9.17, 15) is 13.2 Å². The monoisotopic (exact) mass is 260 g/mol. The Morgan fingerprint density at radius 3 is 2.33 bits per heavy atom. The van der Waals surface area contributed by atoms with Crippen molar-refractivity contribution >= 4 is 11.4 Å². The predicted octanol–water partition coefficient (Wildman–Crippen LogP) is 3.16. The second-order valence-electron chi connectivity index (χ2n) is 4.32. The third-order valence-corrected chi connectivity index (χ3v) is 2.93. The molecule has 18 heavy (non-hydrogen) atoms. The molecule has 0 unspecified atom stereocenters. The van der Waals surface area contributed by atoms with Crippen molar-refractivity contribution < 1.29 is 17.9 Å². The van der Waals surface area contributed by atoms with Gasteiger partial charge in [0.1, 0.15) is 5.75 Å². The highest BCUT2D eigenvalue weighted by Crippen LogP contribution is 2.32. The zero-order chi connectivity index (χ0) is 13.2. The average Bonchev–Trinajstić information content (AvgIpc) is 2.28. The number of ether oxygens (including phenoxy) is 1. The average molecular weight is 260 g/mol. The molecule has 2 rings (SSSR count). The van der Waals surface area contributed by atoms with Crippen molar-refractivity contribution in [1.82, 2.24) is 0 Å². The number of rotatable bonds is 2. The van der Waals surface area contributed by atoms with Gasteiger partial charge in [-0.2, -0.15) is 0 Å². The van der Waals surface area contributed by atoms with Crippen molar-refractivity contribution in [3.63, 3.8) is 0 Å². The highest BCUT2D eigenvalue weighted by atomic mass is 19.4. The molecule has 1 saturated heterocycles. The van der Waals surface area contributed by atoms with Crippen LogP contribution in [0.1, 0.15) is 19.3 Å². The molecule has 0 atom stereocenters. The zero-order valence-corrected chi connectivity index (χ0v) is 9.83. The van der Waals surface area contributed by atoms with Crippen LogP contribution in [0.4, 0.5) is 24.5 Å². The minimum Gasteiger partial charge on any atom is -0.406 e. The molecule has 0 saturated carbocycles. The van der Waals surface area contributed by atoms with Gasteiger partial charge in [0, 0.05) is 19.2 Å². The van der Waals surface area contributed by atoms with Crippen molar-refractivity contribution in [2.45, 2.75) is 25.6 Å². The zero-order valence-electron chi connectivity index (χ0n) is 9.83. The molecule has 0 spiro atoms. The van der Waals surface area contributed by atoms with Crippen LogP contribution in [0.5, 0.6) is 5.75 Å². The highest BCUT2D eigenvalue weighted by Gasteiger charge is 2.31. The summed E-state index contributed by atoms with van der Waals surface area (Å²) >= 11 is 0. The van der Waals surface area contributed by atoms with Gasteiger partial charge in [-0.05, 0) is 31.4 Å². The SMILES string of the molecule is Nc1cc(OC(F)(F)F)ccc1N1CCCCC1. The molecule has 100 valence electrons. The lowest BCUT2D eigenvalue weighted by atomic mass is 10.1. The summed E-state index contributed by atoms with van der Waals surface area (Å²) in [7, 11) is 0. The number of nitrogen functional groups attached to an aromatic ring is 1. The van der Waals surface area contributed by atoms with Crippen molar-refractivity contribution in [3.05, 3.63) is 18.2 Å². The first-order chi connectivity index (χ1) is 8.46. The van der Waals surface area contributed by atoms with E-state index in [1.54, 1.807) is 6.07 Å². The first-order valence-electron chi connectivity index (χ1n) is 5.86. The Labute approximate surface area is 103 Å². The lowest BCUT2D eigenvalue weighted by molar-refractivity contribution is -0.274. The summed E-state index contributed by atoms with van der Waals surface area (Å²) in [6.45, 7) is 1.79. The predicted molar refractivity (Wildman–Crippen MR) is 63.6 cm³/mol. The van der Waals surface area contributed by atoms with Crippen LogP contribution in [0.15, 0.2) is 18.2 Å². The number of alkyl halides is 3. The van der Waals surface area contributed by atoms with E-state index in [1.807, 2.05) is 0 Å². The van der Waals surface area contributed by atoms with Gasteiger partial charge in [-0.3, -0.25) is 0 Å². The standard InChI is InChI=1S/C12H15F3N2O/c13-12(14,15)18-9-4-5-11(10(16)8-9)17-6-2-1-3-7-17/h4-5,8H,1-3,6-7,16H2. The number of anilines is 2. The van der Waals surface area contributed by atoms with E-state index in [0.717, 1.165) is 31.6 Å². The molecule has 6 heteroatoms. The quantitative estimate of drug-likeness (QED) is 0.830. The lowest BCUT2D eigenvalue weighted by Gasteiger charge is -2.30. The molecule has 0 aromatic heterocycles. The van der Waals surface area contributed by atoms with E-state index in [-0.39, 0.29) is 5.75 Å². The van der Waals surface area contributed by atoms with Gasteiger partial charge in [0.25, 0.3) is 0 Å². The highest BCUT2D eigenvalue weighted by molar-refractivity contribution is 5.69. The van der Waals surface area contributed by atoms with Crippen LogP contribution in [0, 0.1) is 0 Å². The lowest BCUT2D eigenvalue weighted by Crippen LogP contribution is -2.30. The molecule has 0 radical (unpaired) electrons. The molecule has 3 nitrogen and oxygen atoms in total. The van der Waals surface area contributed by atoms with Crippen LogP contribution in [0.3, 0.4) is 0 Å². The summed E-state index contributed by atoms with van der Waals surface area (Å²) < 4.78 is 40.0. The van der Waals surface area contributed by atoms with Crippen LogP contribution in [0.2, 0.25) is 0 Å². The maximum Gasteiger partial charge on any atom is 0.573 e. The molecule has 1 fully saturated rings. The van der Waals surface area contributed by atoms with Gasteiger partial charge in [-0.15, -0.1) is 13.2 Å². The van der Waals surface area contributed by atoms with Crippen molar-refractivity contribution in [1.29, 1.82) is 0 Å². The van der Waals surface area contributed by atoms with E-state index in [0.29, 0.717) is 5.69 Å². The van der Waals surface area contributed by atoms with Crippen LogP contribution >= 0.6 is 0 Å². The number of nitrogens with two attached hydrogens (primary N) is 1. The summed E-state index contributed by atoms with van der Waals surface area (Å²) in [6, 6.07) is 4.10. The van der Waals surface area contributed by atoms with Gasteiger partial charge >= 0.3 is 6.36 Å². The van der Waals surface area contributed by atoms with Gasteiger partial charge in [-0.25, -0.2) is 0 Å². The van der Waals surface area contributed by atoms with E-state index in [2.05, 4.69) is 9.64 Å². The second-order valence-corrected chi connectivity index (χ2v) is 4.32. The molecule has 2 N–H and O–H groups in total. The van der Waals surface area contributed by atoms with E-state index < -0.39 is 6.36 Å². The van der Waals surface area contributed by atoms with Gasteiger partial charge in [0.2, 0.25) is 0 Å². The van der Waals surface area contributed by atoms with E-state index >= 15 is 0 Å². The van der Waals surface area contributed by atoms with Crippen molar-refractivity contribution in [2.24, 2.45) is 0 Å². The van der Waals surface area contributed by atoms with Gasteiger partial charge < -0.3 is 15.4 Å². The van der Waals surface area contributed by atoms with Gasteiger partial charge in [0.15, 0.2) is 0 Å². The molecule has 1 heterocycles. The summed E-state index contributed by atoms with van der Waals surface area (Å²) in [5, 5.41) is 0. The Morgan fingerprint density at radius 2 is 1.78 bits per heavy atom.